The lowest BCUT2D eigenvalue weighted by atomic mass is 10.0. The van der Waals surface area contributed by atoms with E-state index in [1.54, 1.807) is 37.3 Å². The zero-order chi connectivity index (χ0) is 15.2. The van der Waals surface area contributed by atoms with Crippen LogP contribution in [0.25, 0.3) is 0 Å². The second-order valence-electron chi connectivity index (χ2n) is 5.21. The molecular weight excluding hydrogens is 306 g/mol. The molecule has 0 aliphatic carbocycles. The fourth-order valence-electron chi connectivity index (χ4n) is 2.26. The summed E-state index contributed by atoms with van der Waals surface area (Å²) in [6, 6.07) is 6.65. The lowest BCUT2D eigenvalue weighted by Crippen LogP contribution is -2.36. The van der Waals surface area contributed by atoms with Crippen molar-refractivity contribution in [2.45, 2.75) is 31.9 Å². The molecule has 0 radical (unpaired) electrons. The molecule has 3 nitrogen and oxygen atoms in total. The molecule has 114 valence electrons. The largest absolute Gasteiger partial charge is 0.386 e. The van der Waals surface area contributed by atoms with Gasteiger partial charge >= 0.3 is 0 Å². The van der Waals surface area contributed by atoms with Crippen LogP contribution >= 0.6 is 23.4 Å². The van der Waals surface area contributed by atoms with Crippen molar-refractivity contribution < 1.29 is 9.90 Å². The van der Waals surface area contributed by atoms with Crippen molar-refractivity contribution in [1.82, 2.24) is 5.32 Å². The Labute approximate surface area is 134 Å². The summed E-state index contributed by atoms with van der Waals surface area (Å²) in [6.07, 6.45) is 2.90. The average Bonchev–Trinajstić information content (AvgIpc) is 2.48. The van der Waals surface area contributed by atoms with E-state index in [4.69, 9.17) is 11.6 Å². The van der Waals surface area contributed by atoms with E-state index in [1.807, 2.05) is 11.8 Å². The molecular formula is C16H20ClNO2S. The van der Waals surface area contributed by atoms with Gasteiger partial charge in [0.1, 0.15) is 0 Å². The van der Waals surface area contributed by atoms with Crippen LogP contribution in [0, 0.1) is 0 Å². The van der Waals surface area contributed by atoms with Gasteiger partial charge in [0.05, 0.1) is 12.1 Å². The van der Waals surface area contributed by atoms with Gasteiger partial charge in [-0.1, -0.05) is 29.3 Å². The molecule has 2 atom stereocenters. The summed E-state index contributed by atoms with van der Waals surface area (Å²) in [4.78, 5) is 12.0. The number of nitrogens with one attached hydrogen (secondary N) is 1. The molecule has 1 aliphatic rings. The Bertz CT molecular complexity index is 508. The summed E-state index contributed by atoms with van der Waals surface area (Å²) in [7, 11) is 0. The van der Waals surface area contributed by atoms with Crippen molar-refractivity contribution in [3.05, 3.63) is 46.5 Å². The summed E-state index contributed by atoms with van der Waals surface area (Å²) in [5, 5.41) is 13.7. The van der Waals surface area contributed by atoms with E-state index in [0.29, 0.717) is 5.02 Å². The second kappa shape index (κ2) is 7.87. The van der Waals surface area contributed by atoms with E-state index in [9.17, 15) is 9.90 Å². The summed E-state index contributed by atoms with van der Waals surface area (Å²) in [5.74, 6) is 2.04. The Morgan fingerprint density at radius 3 is 2.57 bits per heavy atom. The first kappa shape index (κ1) is 16.4. The van der Waals surface area contributed by atoms with Crippen molar-refractivity contribution in [1.29, 1.82) is 0 Å². The minimum Gasteiger partial charge on any atom is -0.386 e. The molecule has 0 saturated carbocycles. The average molecular weight is 326 g/mol. The number of benzene rings is 1. The smallest absolute Gasteiger partial charge is 0.244 e. The Morgan fingerprint density at radius 1 is 1.33 bits per heavy atom. The van der Waals surface area contributed by atoms with Gasteiger partial charge in [0.2, 0.25) is 5.91 Å². The highest BCUT2D eigenvalue weighted by Gasteiger charge is 2.18. The minimum absolute atomic E-state index is 0.127. The van der Waals surface area contributed by atoms with Gasteiger partial charge in [-0.3, -0.25) is 4.79 Å². The molecule has 1 aromatic carbocycles. The molecule has 2 rings (SSSR count). The summed E-state index contributed by atoms with van der Waals surface area (Å²) in [5.41, 5.74) is 1.94. The molecule has 1 aromatic rings. The number of aliphatic hydroxyl groups excluding tert-OH is 1. The molecule has 0 bridgehead atoms. The van der Waals surface area contributed by atoms with Gasteiger partial charge in [0.15, 0.2) is 0 Å². The molecule has 0 aromatic heterocycles. The van der Waals surface area contributed by atoms with Crippen molar-refractivity contribution in [2.75, 3.05) is 11.5 Å². The number of aliphatic hydroxyl groups is 1. The van der Waals surface area contributed by atoms with E-state index in [-0.39, 0.29) is 11.9 Å². The quantitative estimate of drug-likeness (QED) is 0.835. The predicted molar refractivity (Wildman–Crippen MR) is 88.7 cm³/mol. The fourth-order valence-corrected chi connectivity index (χ4v) is 3.40. The fraction of sp³-hybridized carbons (Fsp3) is 0.438. The first-order valence-corrected chi connectivity index (χ1v) is 8.61. The molecule has 1 amide bonds. The zero-order valence-electron chi connectivity index (χ0n) is 12.0. The number of rotatable bonds is 4. The topological polar surface area (TPSA) is 49.3 Å². The van der Waals surface area contributed by atoms with Crippen LogP contribution in [0.5, 0.6) is 0 Å². The van der Waals surface area contributed by atoms with E-state index in [1.165, 1.54) is 5.57 Å². The third kappa shape index (κ3) is 5.06. The number of amides is 1. The number of thioether (sulfide) groups is 1. The third-order valence-electron chi connectivity index (χ3n) is 3.53. The van der Waals surface area contributed by atoms with E-state index in [0.717, 1.165) is 29.9 Å². The lowest BCUT2D eigenvalue weighted by molar-refractivity contribution is -0.117. The molecule has 1 aliphatic heterocycles. The van der Waals surface area contributed by atoms with Gasteiger partial charge in [-0.2, -0.15) is 11.8 Å². The van der Waals surface area contributed by atoms with Crippen molar-refractivity contribution in [3.8, 4) is 0 Å². The van der Waals surface area contributed by atoms with Crippen LogP contribution in [-0.4, -0.2) is 28.6 Å². The summed E-state index contributed by atoms with van der Waals surface area (Å²) in [6.45, 7) is 1.80. The van der Waals surface area contributed by atoms with Gasteiger partial charge in [-0.05, 0) is 49.0 Å². The SMILES string of the molecule is CC(NC(=O)C=C1CCSCC1)C(O)c1ccc(Cl)cc1. The second-order valence-corrected chi connectivity index (χ2v) is 6.87. The molecule has 1 fully saturated rings. The van der Waals surface area contributed by atoms with Crippen LogP contribution in [0.1, 0.15) is 31.4 Å². The van der Waals surface area contributed by atoms with Crippen LogP contribution in [0.2, 0.25) is 5.02 Å². The Balaban J connectivity index is 1.92. The van der Waals surface area contributed by atoms with Crippen LogP contribution in [0.4, 0.5) is 0 Å². The van der Waals surface area contributed by atoms with Gasteiger partial charge in [-0.25, -0.2) is 0 Å². The van der Waals surface area contributed by atoms with Crippen LogP contribution in [0.15, 0.2) is 35.9 Å². The van der Waals surface area contributed by atoms with E-state index in [2.05, 4.69) is 5.32 Å². The first-order valence-electron chi connectivity index (χ1n) is 7.07. The number of carbonyl (C=O) groups excluding carboxylic acids is 1. The molecule has 0 spiro atoms. The van der Waals surface area contributed by atoms with Crippen molar-refractivity contribution in [2.24, 2.45) is 0 Å². The van der Waals surface area contributed by atoms with Gasteiger partial charge < -0.3 is 10.4 Å². The molecule has 1 saturated heterocycles. The Kier molecular flexibility index (Phi) is 6.15. The van der Waals surface area contributed by atoms with E-state index < -0.39 is 6.10 Å². The van der Waals surface area contributed by atoms with Crippen LogP contribution in [0.3, 0.4) is 0 Å². The predicted octanol–water partition coefficient (Wildman–Crippen LogP) is 3.33. The summed E-state index contributed by atoms with van der Waals surface area (Å²) >= 11 is 7.75. The summed E-state index contributed by atoms with van der Waals surface area (Å²) < 4.78 is 0. The maximum absolute atomic E-state index is 12.0. The van der Waals surface area contributed by atoms with Crippen molar-refractivity contribution in [3.63, 3.8) is 0 Å². The highest BCUT2D eigenvalue weighted by atomic mass is 35.5. The number of hydrogen-bond donors (Lipinski definition) is 2. The highest BCUT2D eigenvalue weighted by Crippen LogP contribution is 2.22. The maximum atomic E-state index is 12.0. The Morgan fingerprint density at radius 2 is 1.95 bits per heavy atom. The zero-order valence-corrected chi connectivity index (χ0v) is 13.6. The number of allylic oxidation sites excluding steroid dienone is 1. The molecule has 2 unspecified atom stereocenters. The monoisotopic (exact) mass is 325 g/mol. The van der Waals surface area contributed by atoms with Crippen LogP contribution < -0.4 is 5.32 Å². The Hall–Kier alpha value is -0.970. The van der Waals surface area contributed by atoms with Crippen molar-refractivity contribution >= 4 is 29.3 Å². The van der Waals surface area contributed by atoms with E-state index >= 15 is 0 Å². The lowest BCUT2D eigenvalue weighted by Gasteiger charge is -2.20. The number of halogens is 1. The number of carbonyl (C=O) groups is 1. The third-order valence-corrected chi connectivity index (χ3v) is 4.76. The normalized spacial score (nSPS) is 18.0. The first-order chi connectivity index (χ1) is 10.1. The number of hydrogen-bond acceptors (Lipinski definition) is 3. The van der Waals surface area contributed by atoms with Crippen LogP contribution in [-0.2, 0) is 4.79 Å². The van der Waals surface area contributed by atoms with Gasteiger partial charge in [-0.15, -0.1) is 0 Å². The molecule has 5 heteroatoms. The van der Waals surface area contributed by atoms with Gasteiger partial charge in [0, 0.05) is 11.1 Å². The maximum Gasteiger partial charge on any atom is 0.244 e. The standard InChI is InChI=1S/C16H20ClNO2S/c1-11(16(20)13-2-4-14(17)5-3-13)18-15(19)10-12-6-8-21-9-7-12/h2-5,10-11,16,20H,6-9H2,1H3,(H,18,19). The molecule has 1 heterocycles. The van der Waals surface area contributed by atoms with Gasteiger partial charge in [0.25, 0.3) is 0 Å². The highest BCUT2D eigenvalue weighted by molar-refractivity contribution is 7.99. The minimum atomic E-state index is -0.744. The molecule has 21 heavy (non-hydrogen) atoms. The molecule has 2 N–H and O–H groups in total.